The maximum Gasteiger partial charge on any atom is 0.183 e. The molecule has 0 spiro atoms. The quantitative estimate of drug-likeness (QED) is 0.779. The second kappa shape index (κ2) is 5.71. The van der Waals surface area contributed by atoms with Gasteiger partial charge in [0.2, 0.25) is 0 Å². The van der Waals surface area contributed by atoms with Crippen LogP contribution in [0.25, 0.3) is 10.9 Å². The van der Waals surface area contributed by atoms with Gasteiger partial charge in [0.15, 0.2) is 5.78 Å². The number of fused-ring (bicyclic) bond motifs is 1. The Hall–Kier alpha value is -1.74. The van der Waals surface area contributed by atoms with Crippen molar-refractivity contribution in [2.24, 2.45) is 0 Å². The molecule has 3 heteroatoms. The standard InChI is InChI=1S/C17H22N2O/c1-5-19(6-2)17(3,4)16(20)14-9-7-11-15-13(14)10-8-12-18-15/h7-12H,5-6H2,1-4H3. The van der Waals surface area contributed by atoms with Crippen LogP contribution in [0.3, 0.4) is 0 Å². The summed E-state index contributed by atoms with van der Waals surface area (Å²) in [5, 5.41) is 0.931. The van der Waals surface area contributed by atoms with Crippen LogP contribution in [0.2, 0.25) is 0 Å². The highest BCUT2D eigenvalue weighted by molar-refractivity contribution is 6.11. The van der Waals surface area contributed by atoms with Crippen molar-refractivity contribution in [2.75, 3.05) is 13.1 Å². The van der Waals surface area contributed by atoms with Crippen LogP contribution in [0.4, 0.5) is 0 Å². The number of hydrogen-bond donors (Lipinski definition) is 0. The lowest BCUT2D eigenvalue weighted by atomic mass is 9.89. The Morgan fingerprint density at radius 2 is 1.85 bits per heavy atom. The van der Waals surface area contributed by atoms with E-state index in [4.69, 9.17) is 0 Å². The van der Waals surface area contributed by atoms with E-state index in [2.05, 4.69) is 23.7 Å². The molecule has 20 heavy (non-hydrogen) atoms. The summed E-state index contributed by atoms with van der Waals surface area (Å²) in [6.07, 6.45) is 1.76. The second-order valence-electron chi connectivity index (χ2n) is 5.44. The number of carbonyl (C=O) groups excluding carboxylic acids is 1. The number of carbonyl (C=O) groups is 1. The van der Waals surface area contributed by atoms with Gasteiger partial charge in [-0.2, -0.15) is 0 Å². The van der Waals surface area contributed by atoms with E-state index in [1.165, 1.54) is 0 Å². The van der Waals surface area contributed by atoms with Gasteiger partial charge in [0.05, 0.1) is 11.1 Å². The van der Waals surface area contributed by atoms with E-state index in [0.29, 0.717) is 0 Å². The van der Waals surface area contributed by atoms with Crippen molar-refractivity contribution in [1.82, 2.24) is 9.88 Å². The van der Waals surface area contributed by atoms with E-state index in [9.17, 15) is 4.79 Å². The zero-order valence-corrected chi connectivity index (χ0v) is 12.7. The summed E-state index contributed by atoms with van der Waals surface area (Å²) in [5.41, 5.74) is 1.12. The van der Waals surface area contributed by atoms with E-state index in [1.54, 1.807) is 6.20 Å². The van der Waals surface area contributed by atoms with Crippen molar-refractivity contribution < 1.29 is 4.79 Å². The molecule has 0 aliphatic heterocycles. The first-order valence-corrected chi connectivity index (χ1v) is 7.16. The van der Waals surface area contributed by atoms with Gasteiger partial charge in [-0.15, -0.1) is 0 Å². The van der Waals surface area contributed by atoms with Gasteiger partial charge < -0.3 is 0 Å². The molecule has 1 aromatic carbocycles. The van der Waals surface area contributed by atoms with Crippen LogP contribution < -0.4 is 0 Å². The SMILES string of the molecule is CCN(CC)C(C)(C)C(=O)c1cccc2ncccc12. The molecule has 0 amide bonds. The number of Topliss-reactive ketones (excluding diaryl/α,β-unsaturated/α-hetero) is 1. The third-order valence-corrected chi connectivity index (χ3v) is 4.00. The lowest BCUT2D eigenvalue weighted by molar-refractivity contribution is 0.0670. The van der Waals surface area contributed by atoms with Gasteiger partial charge in [-0.1, -0.05) is 32.0 Å². The third-order valence-electron chi connectivity index (χ3n) is 4.00. The van der Waals surface area contributed by atoms with E-state index in [0.717, 1.165) is 29.6 Å². The summed E-state index contributed by atoms with van der Waals surface area (Å²) in [6, 6.07) is 9.59. The number of nitrogens with zero attached hydrogens (tertiary/aromatic N) is 2. The van der Waals surface area contributed by atoms with Gasteiger partial charge in [0.25, 0.3) is 0 Å². The number of likely N-dealkylation sites (N-methyl/N-ethyl adjacent to an activating group) is 1. The van der Waals surface area contributed by atoms with Gasteiger partial charge in [-0.05, 0) is 39.1 Å². The van der Waals surface area contributed by atoms with Crippen LogP contribution in [0.1, 0.15) is 38.1 Å². The fourth-order valence-corrected chi connectivity index (χ4v) is 2.79. The fraction of sp³-hybridized carbons (Fsp3) is 0.412. The molecule has 106 valence electrons. The van der Waals surface area contributed by atoms with E-state index < -0.39 is 5.54 Å². The van der Waals surface area contributed by atoms with Crippen molar-refractivity contribution in [1.29, 1.82) is 0 Å². The number of pyridine rings is 1. The molecule has 0 bridgehead atoms. The van der Waals surface area contributed by atoms with Gasteiger partial charge in [-0.25, -0.2) is 0 Å². The van der Waals surface area contributed by atoms with Crippen LogP contribution in [0.5, 0.6) is 0 Å². The second-order valence-corrected chi connectivity index (χ2v) is 5.44. The summed E-state index contributed by atoms with van der Waals surface area (Å²) >= 11 is 0. The number of benzene rings is 1. The minimum atomic E-state index is -0.506. The highest BCUT2D eigenvalue weighted by Gasteiger charge is 2.34. The lowest BCUT2D eigenvalue weighted by Gasteiger charge is -2.36. The summed E-state index contributed by atoms with van der Waals surface area (Å²) < 4.78 is 0. The van der Waals surface area contributed by atoms with E-state index >= 15 is 0 Å². The molecule has 1 heterocycles. The first kappa shape index (κ1) is 14.7. The highest BCUT2D eigenvalue weighted by Crippen LogP contribution is 2.25. The van der Waals surface area contributed by atoms with Crippen molar-refractivity contribution in [3.8, 4) is 0 Å². The predicted octanol–water partition coefficient (Wildman–Crippen LogP) is 3.54. The number of ketones is 1. The molecule has 0 fully saturated rings. The van der Waals surface area contributed by atoms with Crippen molar-refractivity contribution >= 4 is 16.7 Å². The van der Waals surface area contributed by atoms with Crippen molar-refractivity contribution in [3.63, 3.8) is 0 Å². The zero-order chi connectivity index (χ0) is 14.8. The fourth-order valence-electron chi connectivity index (χ4n) is 2.79. The van der Waals surface area contributed by atoms with Gasteiger partial charge in [0, 0.05) is 17.1 Å². The van der Waals surface area contributed by atoms with Crippen molar-refractivity contribution in [2.45, 2.75) is 33.2 Å². The molecular formula is C17H22N2O. The topological polar surface area (TPSA) is 33.2 Å². The summed E-state index contributed by atoms with van der Waals surface area (Å²) in [7, 11) is 0. The molecule has 3 nitrogen and oxygen atoms in total. The number of aromatic nitrogens is 1. The monoisotopic (exact) mass is 270 g/mol. The average Bonchev–Trinajstić information content (AvgIpc) is 2.47. The Labute approximate surface area is 120 Å². The molecule has 1 aromatic heterocycles. The predicted molar refractivity (Wildman–Crippen MR) is 83.1 cm³/mol. The average molecular weight is 270 g/mol. The van der Waals surface area contributed by atoms with Gasteiger partial charge >= 0.3 is 0 Å². The third kappa shape index (κ3) is 2.46. The molecule has 0 aliphatic rings. The molecule has 0 aliphatic carbocycles. The largest absolute Gasteiger partial charge is 0.292 e. The summed E-state index contributed by atoms with van der Waals surface area (Å²) in [4.78, 5) is 19.5. The maximum atomic E-state index is 13.0. The Morgan fingerprint density at radius 3 is 2.50 bits per heavy atom. The Bertz CT molecular complexity index is 610. The Balaban J connectivity index is 2.51. The minimum absolute atomic E-state index is 0.153. The van der Waals surface area contributed by atoms with Crippen LogP contribution >= 0.6 is 0 Å². The van der Waals surface area contributed by atoms with Crippen LogP contribution in [-0.4, -0.2) is 34.3 Å². The van der Waals surface area contributed by atoms with Crippen LogP contribution in [0, 0.1) is 0 Å². The first-order valence-electron chi connectivity index (χ1n) is 7.16. The molecule has 0 radical (unpaired) electrons. The smallest absolute Gasteiger partial charge is 0.183 e. The molecule has 2 rings (SSSR count). The zero-order valence-electron chi connectivity index (χ0n) is 12.7. The van der Waals surface area contributed by atoms with Crippen LogP contribution in [-0.2, 0) is 0 Å². The van der Waals surface area contributed by atoms with E-state index in [-0.39, 0.29) is 5.78 Å². The van der Waals surface area contributed by atoms with Crippen molar-refractivity contribution in [3.05, 3.63) is 42.1 Å². The lowest BCUT2D eigenvalue weighted by Crippen LogP contribution is -2.49. The molecular weight excluding hydrogens is 248 g/mol. The number of hydrogen-bond acceptors (Lipinski definition) is 3. The molecule has 0 unspecified atom stereocenters. The normalized spacial score (nSPS) is 12.1. The molecule has 0 atom stereocenters. The summed E-state index contributed by atoms with van der Waals surface area (Å²) in [6.45, 7) is 9.89. The minimum Gasteiger partial charge on any atom is -0.292 e. The van der Waals surface area contributed by atoms with Crippen LogP contribution in [0.15, 0.2) is 36.5 Å². The molecule has 2 aromatic rings. The Kier molecular flexibility index (Phi) is 4.19. The van der Waals surface area contributed by atoms with E-state index in [1.807, 2.05) is 44.2 Å². The highest BCUT2D eigenvalue weighted by atomic mass is 16.1. The summed E-state index contributed by atoms with van der Waals surface area (Å²) in [5.74, 6) is 0.153. The Morgan fingerprint density at radius 1 is 1.15 bits per heavy atom. The van der Waals surface area contributed by atoms with Gasteiger partial charge in [0.1, 0.15) is 0 Å². The molecule has 0 saturated carbocycles. The number of rotatable bonds is 5. The van der Waals surface area contributed by atoms with Gasteiger partial charge in [-0.3, -0.25) is 14.7 Å². The first-order chi connectivity index (χ1) is 9.52. The molecule has 0 N–H and O–H groups in total. The molecule has 0 saturated heterocycles. The maximum absolute atomic E-state index is 13.0.